The molecule has 2 aromatic carbocycles. The van der Waals surface area contributed by atoms with Crippen molar-refractivity contribution in [3.63, 3.8) is 0 Å². The van der Waals surface area contributed by atoms with Crippen LogP contribution < -0.4 is 5.73 Å². The predicted molar refractivity (Wildman–Crippen MR) is 117 cm³/mol. The van der Waals surface area contributed by atoms with Crippen LogP contribution in [0.3, 0.4) is 0 Å². The molecule has 29 heavy (non-hydrogen) atoms. The Labute approximate surface area is 173 Å². The van der Waals surface area contributed by atoms with Crippen LogP contribution in [0, 0.1) is 11.8 Å². The summed E-state index contributed by atoms with van der Waals surface area (Å²) >= 11 is 0. The van der Waals surface area contributed by atoms with E-state index in [1.165, 1.54) is 0 Å². The van der Waals surface area contributed by atoms with Gasteiger partial charge in [0.05, 0.1) is 17.5 Å². The number of aliphatic imine (C=N–C) groups is 1. The molecule has 0 unspecified atom stereocenters. The highest BCUT2D eigenvalue weighted by Gasteiger charge is 2.36. The minimum Gasteiger partial charge on any atom is -0.461 e. The molecule has 3 rings (SSSR count). The Kier molecular flexibility index (Phi) is 5.64. The zero-order valence-electron chi connectivity index (χ0n) is 17.7. The van der Waals surface area contributed by atoms with Gasteiger partial charge < -0.3 is 10.5 Å². The van der Waals surface area contributed by atoms with Crippen molar-refractivity contribution >= 4 is 17.4 Å². The first kappa shape index (κ1) is 20.8. The van der Waals surface area contributed by atoms with Gasteiger partial charge in [0.15, 0.2) is 0 Å². The first-order valence-corrected chi connectivity index (χ1v) is 9.89. The first-order valence-electron chi connectivity index (χ1n) is 9.89. The van der Waals surface area contributed by atoms with Gasteiger partial charge in [-0.25, -0.2) is 9.79 Å². The molecule has 1 aliphatic heterocycles. The van der Waals surface area contributed by atoms with Crippen molar-refractivity contribution in [2.45, 2.75) is 58.1 Å². The van der Waals surface area contributed by atoms with Gasteiger partial charge in [-0.3, -0.25) is 0 Å². The fraction of sp³-hybridized carbons (Fsp3) is 0.360. The summed E-state index contributed by atoms with van der Waals surface area (Å²) in [7, 11) is 0. The summed E-state index contributed by atoms with van der Waals surface area (Å²) in [6.45, 7) is 9.65. The van der Waals surface area contributed by atoms with Crippen molar-refractivity contribution in [3.8, 4) is 11.8 Å². The molecule has 0 saturated carbocycles. The van der Waals surface area contributed by atoms with Crippen molar-refractivity contribution in [1.82, 2.24) is 0 Å². The third kappa shape index (κ3) is 4.58. The molecule has 0 bridgehead atoms. The van der Waals surface area contributed by atoms with Crippen LogP contribution in [0.1, 0.15) is 57.7 Å². The van der Waals surface area contributed by atoms with E-state index in [-0.39, 0.29) is 11.5 Å². The number of carbonyl (C=O) groups excluding carboxylic acids is 1. The molecule has 1 heterocycles. The molecule has 0 aliphatic carbocycles. The second-order valence-corrected chi connectivity index (χ2v) is 8.62. The van der Waals surface area contributed by atoms with E-state index in [1.54, 1.807) is 6.92 Å². The second kappa shape index (κ2) is 7.85. The van der Waals surface area contributed by atoms with Gasteiger partial charge >= 0.3 is 5.97 Å². The third-order valence-electron chi connectivity index (χ3n) is 5.08. The maximum Gasteiger partial charge on any atom is 0.330 e. The monoisotopic (exact) mass is 388 g/mol. The molecule has 0 radical (unpaired) electrons. The molecule has 0 spiro atoms. The van der Waals surface area contributed by atoms with E-state index in [0.717, 1.165) is 34.5 Å². The Morgan fingerprint density at radius 3 is 2.52 bits per heavy atom. The number of ether oxygens (including phenoxy) is 1. The number of carbonyl (C=O) groups is 1. The summed E-state index contributed by atoms with van der Waals surface area (Å²) < 4.78 is 5.35. The number of nitrogens with two attached hydrogens (primary N) is 1. The SMILES string of the molecule is CC(C)OC(=O)[C@](C)(N)c1ccc2c(c1)C(C)(C)CC(C#Cc1ccccc1)=N2. The lowest BCUT2D eigenvalue weighted by Gasteiger charge is -2.32. The zero-order chi connectivity index (χ0) is 21.2. The van der Waals surface area contributed by atoms with E-state index in [9.17, 15) is 4.79 Å². The molecule has 0 fully saturated rings. The Morgan fingerprint density at radius 1 is 1.17 bits per heavy atom. The normalized spacial score (nSPS) is 16.7. The summed E-state index contributed by atoms with van der Waals surface area (Å²) in [5.74, 6) is 5.98. The number of nitrogens with zero attached hydrogens (tertiary/aromatic N) is 1. The topological polar surface area (TPSA) is 64.7 Å². The Bertz CT molecular complexity index is 1010. The Hall–Kier alpha value is -2.90. The highest BCUT2D eigenvalue weighted by atomic mass is 16.5. The summed E-state index contributed by atoms with van der Waals surface area (Å²) in [4.78, 5) is 17.2. The van der Waals surface area contributed by atoms with Crippen LogP contribution in [-0.2, 0) is 20.5 Å². The first-order chi connectivity index (χ1) is 13.6. The average Bonchev–Trinajstić information content (AvgIpc) is 2.66. The number of rotatable bonds is 3. The zero-order valence-corrected chi connectivity index (χ0v) is 17.7. The van der Waals surface area contributed by atoms with Gasteiger partial charge in [-0.15, -0.1) is 0 Å². The van der Waals surface area contributed by atoms with Crippen LogP contribution >= 0.6 is 0 Å². The summed E-state index contributed by atoms with van der Waals surface area (Å²) in [6, 6.07) is 15.7. The average molecular weight is 389 g/mol. The number of fused-ring (bicyclic) bond motifs is 1. The molecule has 0 amide bonds. The predicted octanol–water partition coefficient (Wildman–Crippen LogP) is 4.62. The fourth-order valence-electron chi connectivity index (χ4n) is 3.39. The molecule has 2 aromatic rings. The molecule has 4 heteroatoms. The smallest absolute Gasteiger partial charge is 0.330 e. The van der Waals surface area contributed by atoms with Crippen LogP contribution in [0.15, 0.2) is 53.5 Å². The lowest BCUT2D eigenvalue weighted by Crippen LogP contribution is -2.44. The van der Waals surface area contributed by atoms with Crippen LogP contribution in [0.2, 0.25) is 0 Å². The largest absolute Gasteiger partial charge is 0.461 e. The van der Waals surface area contributed by atoms with E-state index < -0.39 is 11.5 Å². The van der Waals surface area contributed by atoms with Gasteiger partial charge in [-0.05, 0) is 61.4 Å². The summed E-state index contributed by atoms with van der Waals surface area (Å²) in [5.41, 5.74) is 9.45. The van der Waals surface area contributed by atoms with Crippen LogP contribution in [0.4, 0.5) is 5.69 Å². The highest BCUT2D eigenvalue weighted by Crippen LogP contribution is 2.40. The van der Waals surface area contributed by atoms with Crippen LogP contribution in [-0.4, -0.2) is 17.8 Å². The standard InChI is InChI=1S/C25H28N2O2/c1-17(2)29-23(28)25(5,26)19-12-14-22-21(15-19)24(3,4)16-20(27-22)13-11-18-9-7-6-8-10-18/h6-10,12,14-15,17H,16,26H2,1-5H3/t25-/m1/s1. The van der Waals surface area contributed by atoms with Gasteiger partial charge in [0.1, 0.15) is 5.54 Å². The molecule has 1 aliphatic rings. The molecular formula is C25H28N2O2. The molecule has 150 valence electrons. The van der Waals surface area contributed by atoms with Gasteiger partial charge in [0.2, 0.25) is 0 Å². The van der Waals surface area contributed by atoms with Crippen molar-refractivity contribution < 1.29 is 9.53 Å². The molecule has 0 aromatic heterocycles. The van der Waals surface area contributed by atoms with E-state index in [1.807, 2.05) is 62.4 Å². The van der Waals surface area contributed by atoms with Gasteiger partial charge in [-0.2, -0.15) is 0 Å². The molecule has 1 atom stereocenters. The van der Waals surface area contributed by atoms with Crippen molar-refractivity contribution in [1.29, 1.82) is 0 Å². The molecule has 4 nitrogen and oxygen atoms in total. The highest BCUT2D eigenvalue weighted by molar-refractivity contribution is 6.04. The Balaban J connectivity index is 1.96. The number of hydrogen-bond acceptors (Lipinski definition) is 4. The quantitative estimate of drug-likeness (QED) is 0.616. The lowest BCUT2D eigenvalue weighted by atomic mass is 9.75. The minimum atomic E-state index is -1.22. The van der Waals surface area contributed by atoms with Gasteiger partial charge in [0, 0.05) is 12.0 Å². The van der Waals surface area contributed by atoms with E-state index in [4.69, 9.17) is 15.5 Å². The Morgan fingerprint density at radius 2 is 1.86 bits per heavy atom. The van der Waals surface area contributed by atoms with E-state index in [0.29, 0.717) is 0 Å². The maximum absolute atomic E-state index is 12.5. The van der Waals surface area contributed by atoms with E-state index >= 15 is 0 Å². The van der Waals surface area contributed by atoms with Gasteiger partial charge in [-0.1, -0.05) is 50.1 Å². The number of esters is 1. The number of hydrogen-bond donors (Lipinski definition) is 1. The van der Waals surface area contributed by atoms with Crippen LogP contribution in [0.25, 0.3) is 0 Å². The van der Waals surface area contributed by atoms with Crippen LogP contribution in [0.5, 0.6) is 0 Å². The van der Waals surface area contributed by atoms with Crippen molar-refractivity contribution in [2.75, 3.05) is 0 Å². The minimum absolute atomic E-state index is 0.175. The maximum atomic E-state index is 12.5. The van der Waals surface area contributed by atoms with Crippen molar-refractivity contribution in [3.05, 3.63) is 65.2 Å². The molecule has 0 saturated heterocycles. The molecule has 2 N–H and O–H groups in total. The fourth-order valence-corrected chi connectivity index (χ4v) is 3.39. The third-order valence-corrected chi connectivity index (χ3v) is 5.08. The van der Waals surface area contributed by atoms with E-state index in [2.05, 4.69) is 25.7 Å². The summed E-state index contributed by atoms with van der Waals surface area (Å²) in [6.07, 6.45) is 0.510. The summed E-state index contributed by atoms with van der Waals surface area (Å²) in [5, 5.41) is 0. The van der Waals surface area contributed by atoms with Crippen molar-refractivity contribution in [2.24, 2.45) is 10.7 Å². The van der Waals surface area contributed by atoms with Gasteiger partial charge in [0.25, 0.3) is 0 Å². The molecular weight excluding hydrogens is 360 g/mol. The number of benzene rings is 2. The lowest BCUT2D eigenvalue weighted by molar-refractivity contribution is -0.153. The second-order valence-electron chi connectivity index (χ2n) is 8.62.